The topological polar surface area (TPSA) is 160 Å². The molecular formula is C17H13N7O5. The molecule has 4 aromatic rings. The molecule has 4 rings (SSSR count). The Hall–Kier alpha value is -4.35. The Labute approximate surface area is 160 Å². The number of primary amides is 1. The van der Waals surface area contributed by atoms with Crippen LogP contribution < -0.4 is 16.9 Å². The van der Waals surface area contributed by atoms with E-state index in [0.29, 0.717) is 10.9 Å². The number of carbonyl (C=O) groups excluding carboxylic acids is 1. The number of fused-ring (bicyclic) bond motifs is 3. The quantitative estimate of drug-likeness (QED) is 0.370. The summed E-state index contributed by atoms with van der Waals surface area (Å²) in [5.74, 6) is -0.603. The van der Waals surface area contributed by atoms with Crippen LogP contribution in [0, 0.1) is 10.1 Å². The SMILES string of the molecule is Cn1c(=O)c2ccccc2n2c(Cn3cc([N+](=O)[O-])cc(C(N)=O)c3=O)nnc12. The minimum atomic E-state index is -1.08. The lowest BCUT2D eigenvalue weighted by Crippen LogP contribution is -2.30. The molecule has 0 saturated heterocycles. The Morgan fingerprint density at radius 1 is 1.21 bits per heavy atom. The molecule has 0 fully saturated rings. The summed E-state index contributed by atoms with van der Waals surface area (Å²) in [6.45, 7) is -0.232. The maximum Gasteiger partial charge on any atom is 0.286 e. The summed E-state index contributed by atoms with van der Waals surface area (Å²) in [4.78, 5) is 47.0. The van der Waals surface area contributed by atoms with Gasteiger partial charge in [-0.25, -0.2) is 0 Å². The molecule has 2 N–H and O–H groups in total. The van der Waals surface area contributed by atoms with Gasteiger partial charge >= 0.3 is 0 Å². The summed E-state index contributed by atoms with van der Waals surface area (Å²) in [7, 11) is 1.54. The van der Waals surface area contributed by atoms with Gasteiger partial charge in [0.1, 0.15) is 5.56 Å². The average Bonchev–Trinajstić information content (AvgIpc) is 3.11. The van der Waals surface area contributed by atoms with E-state index >= 15 is 0 Å². The Balaban J connectivity index is 1.99. The van der Waals surface area contributed by atoms with Crippen LogP contribution in [0.3, 0.4) is 0 Å². The van der Waals surface area contributed by atoms with Crippen molar-refractivity contribution < 1.29 is 9.72 Å². The molecule has 0 bridgehead atoms. The molecule has 1 amide bonds. The number of para-hydroxylation sites is 1. The molecule has 0 saturated carbocycles. The summed E-state index contributed by atoms with van der Waals surface area (Å²) in [5.41, 5.74) is 3.65. The Kier molecular flexibility index (Phi) is 3.96. The number of aryl methyl sites for hydroxylation is 1. The van der Waals surface area contributed by atoms with E-state index in [0.717, 1.165) is 16.8 Å². The van der Waals surface area contributed by atoms with Gasteiger partial charge in [0.15, 0.2) is 5.82 Å². The van der Waals surface area contributed by atoms with Gasteiger partial charge in [0.25, 0.3) is 22.7 Å². The number of benzene rings is 1. The lowest BCUT2D eigenvalue weighted by molar-refractivity contribution is -0.385. The molecule has 0 aliphatic rings. The van der Waals surface area contributed by atoms with Crippen molar-refractivity contribution in [2.75, 3.05) is 0 Å². The number of pyridine rings is 1. The lowest BCUT2D eigenvalue weighted by Gasteiger charge is -2.09. The zero-order chi connectivity index (χ0) is 20.9. The van der Waals surface area contributed by atoms with E-state index in [1.807, 2.05) is 0 Å². The van der Waals surface area contributed by atoms with E-state index in [9.17, 15) is 24.5 Å². The molecule has 0 spiro atoms. The average molecular weight is 395 g/mol. The van der Waals surface area contributed by atoms with Gasteiger partial charge in [0.2, 0.25) is 5.78 Å². The number of nitrogens with two attached hydrogens (primary N) is 1. The first-order valence-electron chi connectivity index (χ1n) is 8.30. The first kappa shape index (κ1) is 18.0. The van der Waals surface area contributed by atoms with Crippen LogP contribution in [0.4, 0.5) is 5.69 Å². The summed E-state index contributed by atoms with van der Waals surface area (Å²) >= 11 is 0. The second-order valence-corrected chi connectivity index (χ2v) is 6.30. The summed E-state index contributed by atoms with van der Waals surface area (Å²) in [5, 5.41) is 19.6. The largest absolute Gasteiger partial charge is 0.365 e. The van der Waals surface area contributed by atoms with E-state index in [4.69, 9.17) is 5.73 Å². The number of nitrogens with zero attached hydrogens (tertiary/aromatic N) is 6. The highest BCUT2D eigenvalue weighted by Gasteiger charge is 2.20. The minimum Gasteiger partial charge on any atom is -0.365 e. The molecular weight excluding hydrogens is 382 g/mol. The van der Waals surface area contributed by atoms with Gasteiger partial charge in [0.05, 0.1) is 28.6 Å². The molecule has 0 aliphatic carbocycles. The van der Waals surface area contributed by atoms with E-state index < -0.39 is 27.6 Å². The minimum absolute atomic E-state index is 0.232. The summed E-state index contributed by atoms with van der Waals surface area (Å²) in [6.07, 6.45) is 1.00. The van der Waals surface area contributed by atoms with E-state index in [-0.39, 0.29) is 23.7 Å². The standard InChI is InChI=1S/C17H13N7O5/c1-21-15(26)10-4-2-3-5-12(10)23-13(19-20-17(21)23)8-22-7-9(24(28)29)6-11(14(18)25)16(22)27/h2-7H,8H2,1H3,(H2,18,25). The first-order chi connectivity index (χ1) is 13.8. The van der Waals surface area contributed by atoms with Crippen molar-refractivity contribution in [2.24, 2.45) is 12.8 Å². The van der Waals surface area contributed by atoms with Crippen molar-refractivity contribution in [3.05, 3.63) is 78.7 Å². The van der Waals surface area contributed by atoms with Crippen molar-refractivity contribution in [1.82, 2.24) is 23.7 Å². The molecule has 0 unspecified atom stereocenters. The second-order valence-electron chi connectivity index (χ2n) is 6.30. The van der Waals surface area contributed by atoms with Gasteiger partial charge in [-0.3, -0.25) is 33.5 Å². The molecule has 29 heavy (non-hydrogen) atoms. The summed E-state index contributed by atoms with van der Waals surface area (Å²) in [6, 6.07) is 7.62. The van der Waals surface area contributed by atoms with Crippen molar-refractivity contribution >= 4 is 28.3 Å². The first-order valence-corrected chi connectivity index (χ1v) is 8.30. The molecule has 0 atom stereocenters. The van der Waals surface area contributed by atoms with Crippen LogP contribution in [0.2, 0.25) is 0 Å². The van der Waals surface area contributed by atoms with Crippen LogP contribution in [0.5, 0.6) is 0 Å². The van der Waals surface area contributed by atoms with Crippen molar-refractivity contribution in [2.45, 2.75) is 6.54 Å². The molecule has 146 valence electrons. The Morgan fingerprint density at radius 3 is 2.62 bits per heavy atom. The number of hydrogen-bond acceptors (Lipinski definition) is 7. The monoisotopic (exact) mass is 395 g/mol. The highest BCUT2D eigenvalue weighted by atomic mass is 16.6. The van der Waals surface area contributed by atoms with Crippen LogP contribution in [0.1, 0.15) is 16.2 Å². The smallest absolute Gasteiger partial charge is 0.286 e. The van der Waals surface area contributed by atoms with Crippen LogP contribution in [0.15, 0.2) is 46.1 Å². The third kappa shape index (κ3) is 2.74. The number of carbonyl (C=O) groups is 1. The van der Waals surface area contributed by atoms with Crippen LogP contribution in [0.25, 0.3) is 16.7 Å². The van der Waals surface area contributed by atoms with Crippen molar-refractivity contribution in [3.63, 3.8) is 0 Å². The number of amides is 1. The van der Waals surface area contributed by atoms with Gasteiger partial charge in [-0.1, -0.05) is 12.1 Å². The normalized spacial score (nSPS) is 11.2. The zero-order valence-corrected chi connectivity index (χ0v) is 15.0. The second kappa shape index (κ2) is 6.37. The van der Waals surface area contributed by atoms with E-state index in [1.165, 1.54) is 11.6 Å². The van der Waals surface area contributed by atoms with Crippen LogP contribution >= 0.6 is 0 Å². The molecule has 0 radical (unpaired) electrons. The van der Waals surface area contributed by atoms with Gasteiger partial charge in [-0.15, -0.1) is 10.2 Å². The zero-order valence-electron chi connectivity index (χ0n) is 15.0. The number of aromatic nitrogens is 5. The van der Waals surface area contributed by atoms with Gasteiger partial charge < -0.3 is 10.3 Å². The van der Waals surface area contributed by atoms with Crippen molar-refractivity contribution in [1.29, 1.82) is 0 Å². The molecule has 1 aromatic carbocycles. The Bertz CT molecular complexity index is 1450. The van der Waals surface area contributed by atoms with Gasteiger partial charge in [0, 0.05) is 13.1 Å². The van der Waals surface area contributed by atoms with Gasteiger partial charge in [-0.05, 0) is 12.1 Å². The molecule has 3 aromatic heterocycles. The van der Waals surface area contributed by atoms with Crippen molar-refractivity contribution in [3.8, 4) is 0 Å². The fourth-order valence-corrected chi connectivity index (χ4v) is 3.16. The highest BCUT2D eigenvalue weighted by molar-refractivity contribution is 5.93. The predicted octanol–water partition coefficient (Wildman–Crippen LogP) is -0.202. The lowest BCUT2D eigenvalue weighted by atomic mass is 10.2. The maximum atomic E-state index is 12.6. The number of nitro groups is 1. The molecule has 3 heterocycles. The van der Waals surface area contributed by atoms with E-state index in [2.05, 4.69) is 10.2 Å². The highest BCUT2D eigenvalue weighted by Crippen LogP contribution is 2.16. The molecule has 0 aliphatic heterocycles. The maximum absolute atomic E-state index is 12.6. The van der Waals surface area contributed by atoms with E-state index in [1.54, 1.807) is 28.7 Å². The number of rotatable bonds is 4. The molecule has 12 nitrogen and oxygen atoms in total. The summed E-state index contributed by atoms with van der Waals surface area (Å²) < 4.78 is 3.85. The third-order valence-corrected chi connectivity index (χ3v) is 4.55. The predicted molar refractivity (Wildman–Crippen MR) is 101 cm³/mol. The Morgan fingerprint density at radius 2 is 1.93 bits per heavy atom. The fourth-order valence-electron chi connectivity index (χ4n) is 3.16. The van der Waals surface area contributed by atoms with Crippen LogP contribution in [-0.2, 0) is 13.6 Å². The molecule has 12 heteroatoms. The van der Waals surface area contributed by atoms with Gasteiger partial charge in [-0.2, -0.15) is 0 Å². The number of hydrogen-bond donors (Lipinski definition) is 1. The van der Waals surface area contributed by atoms with Crippen LogP contribution in [-0.4, -0.2) is 34.6 Å². The third-order valence-electron chi connectivity index (χ3n) is 4.55. The fraction of sp³-hybridized carbons (Fsp3) is 0.118.